The number of aryl methyl sites for hydroxylation is 1. The molecule has 0 saturated carbocycles. The standard InChI is InChI=1S/C19H23ClN2O2/c1-3-13-8-10-15(11-9-13)22-18(23)16(20)17(19(22)24)21-12-6-5-7-14(21)4-2/h8-11,14H,3-7,12H2,1-2H3/t14-/m0/s1. The van der Waals surface area contributed by atoms with Crippen LogP contribution in [0.15, 0.2) is 35.0 Å². The zero-order chi connectivity index (χ0) is 17.3. The summed E-state index contributed by atoms with van der Waals surface area (Å²) in [5.74, 6) is -0.712. The van der Waals surface area contributed by atoms with Crippen molar-refractivity contribution in [3.8, 4) is 0 Å². The van der Waals surface area contributed by atoms with Gasteiger partial charge in [0.05, 0.1) is 5.69 Å². The molecular weight excluding hydrogens is 324 g/mol. The van der Waals surface area contributed by atoms with Gasteiger partial charge in [0.25, 0.3) is 11.8 Å². The van der Waals surface area contributed by atoms with E-state index in [1.165, 1.54) is 10.5 Å². The van der Waals surface area contributed by atoms with Crippen molar-refractivity contribution in [2.24, 2.45) is 0 Å². The van der Waals surface area contributed by atoms with Crippen LogP contribution in [0.25, 0.3) is 0 Å². The third-order valence-corrected chi connectivity index (χ3v) is 5.33. The topological polar surface area (TPSA) is 40.6 Å². The number of hydrogen-bond acceptors (Lipinski definition) is 3. The number of nitrogens with zero attached hydrogens (tertiary/aromatic N) is 2. The van der Waals surface area contributed by atoms with Crippen LogP contribution in [0.5, 0.6) is 0 Å². The fourth-order valence-electron chi connectivity index (χ4n) is 3.58. The predicted molar refractivity (Wildman–Crippen MR) is 95.8 cm³/mol. The second-order valence-electron chi connectivity index (χ2n) is 6.38. The smallest absolute Gasteiger partial charge is 0.283 e. The van der Waals surface area contributed by atoms with Crippen LogP contribution in [0.4, 0.5) is 5.69 Å². The first-order valence-electron chi connectivity index (χ1n) is 8.72. The molecule has 1 aromatic carbocycles. The van der Waals surface area contributed by atoms with Crippen LogP contribution in [0.2, 0.25) is 0 Å². The predicted octanol–water partition coefficient (Wildman–Crippen LogP) is 3.84. The van der Waals surface area contributed by atoms with Crippen LogP contribution >= 0.6 is 11.6 Å². The van der Waals surface area contributed by atoms with Crippen molar-refractivity contribution in [1.82, 2.24) is 4.90 Å². The quantitative estimate of drug-likeness (QED) is 0.778. The number of piperidine rings is 1. The summed E-state index contributed by atoms with van der Waals surface area (Å²) in [6.45, 7) is 4.96. The lowest BCUT2D eigenvalue weighted by Gasteiger charge is -2.37. The first-order chi connectivity index (χ1) is 11.6. The Morgan fingerprint density at radius 2 is 1.79 bits per heavy atom. The van der Waals surface area contributed by atoms with Gasteiger partial charge in [-0.2, -0.15) is 0 Å². The molecule has 1 fully saturated rings. The fraction of sp³-hybridized carbons (Fsp3) is 0.474. The summed E-state index contributed by atoms with van der Waals surface area (Å²) < 4.78 is 0. The molecule has 128 valence electrons. The van der Waals surface area contributed by atoms with Crippen molar-refractivity contribution < 1.29 is 9.59 Å². The maximum Gasteiger partial charge on any atom is 0.283 e. The van der Waals surface area contributed by atoms with E-state index in [4.69, 9.17) is 11.6 Å². The van der Waals surface area contributed by atoms with Gasteiger partial charge in [0.2, 0.25) is 0 Å². The Morgan fingerprint density at radius 3 is 2.42 bits per heavy atom. The average Bonchev–Trinajstić information content (AvgIpc) is 2.84. The largest absolute Gasteiger partial charge is 0.363 e. The van der Waals surface area contributed by atoms with Crippen molar-refractivity contribution >= 4 is 29.1 Å². The van der Waals surface area contributed by atoms with Gasteiger partial charge in [-0.25, -0.2) is 4.90 Å². The second-order valence-corrected chi connectivity index (χ2v) is 6.76. The zero-order valence-corrected chi connectivity index (χ0v) is 15.0. The van der Waals surface area contributed by atoms with Crippen LogP contribution in [0.1, 0.15) is 45.1 Å². The monoisotopic (exact) mass is 346 g/mol. The Morgan fingerprint density at radius 1 is 1.08 bits per heavy atom. The lowest BCUT2D eigenvalue weighted by atomic mass is 9.99. The van der Waals surface area contributed by atoms with Crippen molar-refractivity contribution in [3.63, 3.8) is 0 Å². The van der Waals surface area contributed by atoms with E-state index in [9.17, 15) is 9.59 Å². The molecule has 1 atom stereocenters. The molecule has 1 saturated heterocycles. The van der Waals surface area contributed by atoms with Gasteiger partial charge in [0.15, 0.2) is 0 Å². The van der Waals surface area contributed by atoms with Crippen molar-refractivity contribution in [2.75, 3.05) is 11.4 Å². The Kier molecular flexibility index (Phi) is 4.95. The number of imide groups is 1. The minimum absolute atomic E-state index is 0.0555. The first-order valence-corrected chi connectivity index (χ1v) is 9.10. The van der Waals surface area contributed by atoms with E-state index in [1.54, 1.807) is 0 Å². The average molecular weight is 347 g/mol. The van der Waals surface area contributed by atoms with Crippen LogP contribution in [0.3, 0.4) is 0 Å². The van der Waals surface area contributed by atoms with E-state index in [2.05, 4.69) is 13.8 Å². The van der Waals surface area contributed by atoms with Gasteiger partial charge in [-0.05, 0) is 49.8 Å². The molecule has 24 heavy (non-hydrogen) atoms. The summed E-state index contributed by atoms with van der Waals surface area (Å²) >= 11 is 6.31. The number of likely N-dealkylation sites (tertiary alicyclic amines) is 1. The van der Waals surface area contributed by atoms with E-state index in [0.717, 1.165) is 38.6 Å². The van der Waals surface area contributed by atoms with E-state index >= 15 is 0 Å². The van der Waals surface area contributed by atoms with E-state index in [0.29, 0.717) is 11.4 Å². The highest BCUT2D eigenvalue weighted by atomic mass is 35.5. The van der Waals surface area contributed by atoms with Gasteiger partial charge in [-0.3, -0.25) is 9.59 Å². The van der Waals surface area contributed by atoms with Crippen LogP contribution in [-0.4, -0.2) is 29.3 Å². The molecular formula is C19H23ClN2O2. The minimum Gasteiger partial charge on any atom is -0.363 e. The highest BCUT2D eigenvalue weighted by Gasteiger charge is 2.43. The molecule has 0 unspecified atom stereocenters. The highest BCUT2D eigenvalue weighted by Crippen LogP contribution is 2.35. The van der Waals surface area contributed by atoms with Crippen molar-refractivity contribution in [2.45, 2.75) is 52.0 Å². The molecule has 2 aliphatic heterocycles. The number of carbonyl (C=O) groups is 2. The second kappa shape index (κ2) is 6.98. The summed E-state index contributed by atoms with van der Waals surface area (Å²) in [4.78, 5) is 28.8. The Labute approximate surface area is 148 Å². The van der Waals surface area contributed by atoms with Crippen molar-refractivity contribution in [1.29, 1.82) is 0 Å². The SMILES string of the molecule is CCc1ccc(N2C(=O)C(Cl)=C(N3CCCC[C@@H]3CC)C2=O)cc1. The van der Waals surface area contributed by atoms with Crippen LogP contribution in [0, 0.1) is 0 Å². The van der Waals surface area contributed by atoms with Gasteiger partial charge in [0.1, 0.15) is 10.7 Å². The Balaban J connectivity index is 1.92. The molecule has 2 heterocycles. The molecule has 3 rings (SSSR count). The molecule has 1 aromatic rings. The van der Waals surface area contributed by atoms with Crippen LogP contribution < -0.4 is 4.90 Å². The third kappa shape index (κ3) is 2.84. The van der Waals surface area contributed by atoms with Crippen LogP contribution in [-0.2, 0) is 16.0 Å². The molecule has 0 aliphatic carbocycles. The lowest BCUT2D eigenvalue weighted by Crippen LogP contribution is -2.42. The fourth-order valence-corrected chi connectivity index (χ4v) is 3.85. The molecule has 4 nitrogen and oxygen atoms in total. The number of rotatable bonds is 4. The first kappa shape index (κ1) is 17.0. The zero-order valence-electron chi connectivity index (χ0n) is 14.2. The van der Waals surface area contributed by atoms with Gasteiger partial charge in [-0.1, -0.05) is 37.6 Å². The maximum atomic E-state index is 13.0. The number of halogens is 1. The summed E-state index contributed by atoms with van der Waals surface area (Å²) in [5.41, 5.74) is 2.13. The molecule has 0 spiro atoms. The maximum absolute atomic E-state index is 13.0. The normalized spacial score (nSPS) is 21.9. The summed E-state index contributed by atoms with van der Waals surface area (Å²) in [6.07, 6.45) is 5.08. The molecule has 5 heteroatoms. The minimum atomic E-state index is -0.415. The molecule has 0 aromatic heterocycles. The van der Waals surface area contributed by atoms with Gasteiger partial charge >= 0.3 is 0 Å². The number of carbonyl (C=O) groups excluding carboxylic acids is 2. The number of anilines is 1. The lowest BCUT2D eigenvalue weighted by molar-refractivity contribution is -0.121. The summed E-state index contributed by atoms with van der Waals surface area (Å²) in [5, 5.41) is 0.0555. The third-order valence-electron chi connectivity index (χ3n) is 4.99. The molecule has 0 bridgehead atoms. The highest BCUT2D eigenvalue weighted by molar-refractivity contribution is 6.52. The summed E-state index contributed by atoms with van der Waals surface area (Å²) in [7, 11) is 0. The summed E-state index contributed by atoms with van der Waals surface area (Å²) in [6, 6.07) is 7.79. The van der Waals surface area contributed by atoms with Crippen molar-refractivity contribution in [3.05, 3.63) is 40.6 Å². The number of amides is 2. The molecule has 0 N–H and O–H groups in total. The molecule has 0 radical (unpaired) electrons. The van der Waals surface area contributed by atoms with Gasteiger partial charge in [-0.15, -0.1) is 0 Å². The Bertz CT molecular complexity index is 681. The van der Waals surface area contributed by atoms with Gasteiger partial charge in [0, 0.05) is 12.6 Å². The molecule has 2 aliphatic rings. The Hall–Kier alpha value is -1.81. The van der Waals surface area contributed by atoms with Gasteiger partial charge < -0.3 is 4.90 Å². The molecule has 2 amide bonds. The van der Waals surface area contributed by atoms with E-state index in [-0.39, 0.29) is 17.0 Å². The number of benzene rings is 1. The number of hydrogen-bond donors (Lipinski definition) is 0. The van der Waals surface area contributed by atoms with E-state index in [1.807, 2.05) is 29.2 Å². The van der Waals surface area contributed by atoms with E-state index < -0.39 is 5.91 Å².